The summed E-state index contributed by atoms with van der Waals surface area (Å²) >= 11 is 0. The number of hydrogen-bond donors (Lipinski definition) is 0. The predicted molar refractivity (Wildman–Crippen MR) is 54.5 cm³/mol. The van der Waals surface area contributed by atoms with Gasteiger partial charge in [0.15, 0.2) is 0 Å². The van der Waals surface area contributed by atoms with E-state index in [1.54, 1.807) is 0 Å². The Labute approximate surface area is 99.2 Å². The maximum absolute atomic E-state index is 3.08. The van der Waals surface area contributed by atoms with Crippen molar-refractivity contribution < 1.29 is 21.1 Å². The van der Waals surface area contributed by atoms with Crippen LogP contribution in [0.5, 0.6) is 0 Å². The van der Waals surface area contributed by atoms with Crippen molar-refractivity contribution in [3.8, 4) is 0 Å². The Morgan fingerprint density at radius 3 is 2.21 bits per heavy atom. The van der Waals surface area contributed by atoms with Crippen molar-refractivity contribution in [3.05, 3.63) is 71.8 Å². The standard InChI is InChI=1S/C13H11.W/c1-3-7-12(8-4-1)11-13-9-5-2-6-10-13;/h1-5,7-10H,11H2;/q-1;. The van der Waals surface area contributed by atoms with E-state index in [0.717, 1.165) is 6.42 Å². The summed E-state index contributed by atoms with van der Waals surface area (Å²) in [5, 5.41) is 0. The molecule has 0 aromatic heterocycles. The van der Waals surface area contributed by atoms with Crippen LogP contribution in [-0.4, -0.2) is 0 Å². The van der Waals surface area contributed by atoms with Crippen molar-refractivity contribution in [1.29, 1.82) is 0 Å². The van der Waals surface area contributed by atoms with Crippen LogP contribution in [0.2, 0.25) is 0 Å². The zero-order valence-corrected chi connectivity index (χ0v) is 10.7. The Morgan fingerprint density at radius 1 is 0.857 bits per heavy atom. The van der Waals surface area contributed by atoms with Gasteiger partial charge in [0.25, 0.3) is 0 Å². The minimum atomic E-state index is 0. The van der Waals surface area contributed by atoms with E-state index in [0.29, 0.717) is 0 Å². The SMILES string of the molecule is [W].[c-]1cccc(Cc2ccccc2)c1. The molecule has 1 heteroatoms. The normalized spacial score (nSPS) is 9.14. The molecular formula is C13H11W-. The van der Waals surface area contributed by atoms with Crippen molar-refractivity contribution in [2.24, 2.45) is 0 Å². The van der Waals surface area contributed by atoms with Crippen LogP contribution < -0.4 is 0 Å². The molecule has 0 aliphatic carbocycles. The summed E-state index contributed by atoms with van der Waals surface area (Å²) in [6.07, 6.45) is 0.998. The summed E-state index contributed by atoms with van der Waals surface area (Å²) in [5.41, 5.74) is 2.66. The van der Waals surface area contributed by atoms with Gasteiger partial charge in [0, 0.05) is 21.1 Å². The molecule has 0 fully saturated rings. The summed E-state index contributed by atoms with van der Waals surface area (Å²) in [7, 11) is 0. The first-order chi connectivity index (χ1) is 6.45. The van der Waals surface area contributed by atoms with Gasteiger partial charge < -0.3 is 0 Å². The van der Waals surface area contributed by atoms with Gasteiger partial charge in [-0.2, -0.15) is 35.9 Å². The van der Waals surface area contributed by atoms with E-state index in [2.05, 4.69) is 36.4 Å². The van der Waals surface area contributed by atoms with Crippen molar-refractivity contribution in [2.45, 2.75) is 6.42 Å². The summed E-state index contributed by atoms with van der Waals surface area (Å²) < 4.78 is 0. The minimum absolute atomic E-state index is 0. The van der Waals surface area contributed by atoms with E-state index >= 15 is 0 Å². The molecule has 0 unspecified atom stereocenters. The van der Waals surface area contributed by atoms with Crippen LogP contribution in [0.15, 0.2) is 54.6 Å². The Balaban J connectivity index is 0.000000980. The first-order valence-corrected chi connectivity index (χ1v) is 4.44. The van der Waals surface area contributed by atoms with Crippen molar-refractivity contribution in [2.75, 3.05) is 0 Å². The zero-order valence-electron chi connectivity index (χ0n) is 7.81. The second kappa shape index (κ2) is 5.77. The average molecular weight is 351 g/mol. The van der Waals surface area contributed by atoms with Gasteiger partial charge in [0.2, 0.25) is 0 Å². The number of benzene rings is 2. The maximum Gasteiger partial charge on any atom is 0 e. The molecule has 0 aliphatic heterocycles. The quantitative estimate of drug-likeness (QED) is 0.730. The van der Waals surface area contributed by atoms with Gasteiger partial charge in [-0.25, -0.2) is 0 Å². The van der Waals surface area contributed by atoms with E-state index in [1.165, 1.54) is 11.1 Å². The van der Waals surface area contributed by atoms with E-state index < -0.39 is 0 Å². The molecular weight excluding hydrogens is 340 g/mol. The van der Waals surface area contributed by atoms with Gasteiger partial charge >= 0.3 is 0 Å². The van der Waals surface area contributed by atoms with E-state index in [-0.39, 0.29) is 21.1 Å². The van der Waals surface area contributed by atoms with Gasteiger partial charge in [0.1, 0.15) is 0 Å². The van der Waals surface area contributed by atoms with Crippen LogP contribution in [0.1, 0.15) is 11.1 Å². The Morgan fingerprint density at radius 2 is 1.57 bits per heavy atom. The van der Waals surface area contributed by atoms with Crippen LogP contribution in [0, 0.1) is 6.07 Å². The van der Waals surface area contributed by atoms with Gasteiger partial charge in [-0.05, 0) is 6.42 Å². The molecule has 2 aromatic carbocycles. The molecule has 14 heavy (non-hydrogen) atoms. The van der Waals surface area contributed by atoms with Gasteiger partial charge in [-0.1, -0.05) is 35.9 Å². The summed E-state index contributed by atoms with van der Waals surface area (Å²) in [6, 6.07) is 21.7. The average Bonchev–Trinajstić information content (AvgIpc) is 2.21. The third-order valence-electron chi connectivity index (χ3n) is 2.02. The molecule has 0 nitrogen and oxygen atoms in total. The fourth-order valence-corrected chi connectivity index (χ4v) is 1.37. The van der Waals surface area contributed by atoms with Crippen molar-refractivity contribution in [3.63, 3.8) is 0 Å². The molecule has 2 aromatic rings. The second-order valence-electron chi connectivity index (χ2n) is 3.07. The van der Waals surface area contributed by atoms with Crippen LogP contribution in [-0.2, 0) is 27.5 Å². The first-order valence-electron chi connectivity index (χ1n) is 4.44. The van der Waals surface area contributed by atoms with Crippen molar-refractivity contribution >= 4 is 0 Å². The summed E-state index contributed by atoms with van der Waals surface area (Å²) in [6.45, 7) is 0. The molecule has 70 valence electrons. The molecule has 0 amide bonds. The van der Waals surface area contributed by atoms with E-state index in [4.69, 9.17) is 0 Å². The van der Waals surface area contributed by atoms with Gasteiger partial charge in [-0.3, -0.25) is 0 Å². The fourth-order valence-electron chi connectivity index (χ4n) is 1.37. The topological polar surface area (TPSA) is 0 Å². The van der Waals surface area contributed by atoms with Crippen LogP contribution in [0.3, 0.4) is 0 Å². The van der Waals surface area contributed by atoms with Crippen molar-refractivity contribution in [1.82, 2.24) is 0 Å². The predicted octanol–water partition coefficient (Wildman–Crippen LogP) is 3.08. The molecule has 0 saturated carbocycles. The largest absolute Gasteiger partial charge is 0.184 e. The molecule has 0 atom stereocenters. The Kier molecular flexibility index (Phi) is 4.62. The molecule has 0 bridgehead atoms. The second-order valence-corrected chi connectivity index (χ2v) is 3.07. The smallest absolute Gasteiger partial charge is 0 e. The zero-order chi connectivity index (χ0) is 8.93. The van der Waals surface area contributed by atoms with Crippen LogP contribution >= 0.6 is 0 Å². The van der Waals surface area contributed by atoms with Gasteiger partial charge in [0.05, 0.1) is 0 Å². The molecule has 0 saturated heterocycles. The fraction of sp³-hybridized carbons (Fsp3) is 0.0769. The van der Waals surface area contributed by atoms with Gasteiger partial charge in [-0.15, -0.1) is 0 Å². The van der Waals surface area contributed by atoms with E-state index in [1.807, 2.05) is 24.3 Å². The Hall–Kier alpha value is -0.872. The van der Waals surface area contributed by atoms with Crippen LogP contribution in [0.25, 0.3) is 0 Å². The third kappa shape index (κ3) is 3.12. The number of hydrogen-bond acceptors (Lipinski definition) is 0. The summed E-state index contributed by atoms with van der Waals surface area (Å²) in [4.78, 5) is 0. The molecule has 0 aliphatic rings. The third-order valence-corrected chi connectivity index (χ3v) is 2.02. The maximum atomic E-state index is 3.08. The monoisotopic (exact) mass is 351 g/mol. The summed E-state index contributed by atoms with van der Waals surface area (Å²) in [5.74, 6) is 0. The first kappa shape index (κ1) is 11.2. The van der Waals surface area contributed by atoms with E-state index in [9.17, 15) is 0 Å². The molecule has 0 radical (unpaired) electrons. The Bertz CT molecular complexity index is 316. The molecule has 0 heterocycles. The molecule has 2 rings (SSSR count). The van der Waals surface area contributed by atoms with Crippen LogP contribution in [0.4, 0.5) is 0 Å². The number of rotatable bonds is 2. The molecule has 0 N–H and O–H groups in total. The minimum Gasteiger partial charge on any atom is -0.184 e. The molecule has 0 spiro atoms.